The summed E-state index contributed by atoms with van der Waals surface area (Å²) in [5.74, 6) is 1.97. The van der Waals surface area contributed by atoms with E-state index in [2.05, 4.69) is 6.92 Å². The second-order valence-corrected chi connectivity index (χ2v) is 5.59. The Balaban J connectivity index is 1.95. The molecule has 0 N–H and O–H groups in total. The second-order valence-electron chi connectivity index (χ2n) is 5.59. The number of hydrogen-bond donors (Lipinski definition) is 0. The summed E-state index contributed by atoms with van der Waals surface area (Å²) in [7, 11) is 0. The van der Waals surface area contributed by atoms with Crippen molar-refractivity contribution < 1.29 is 13.9 Å². The normalized spacial score (nSPS) is 10.8. The lowest BCUT2D eigenvalue weighted by atomic mass is 10.2. The zero-order valence-electron chi connectivity index (χ0n) is 13.9. The number of ether oxygens (including phenoxy) is 2. The van der Waals surface area contributed by atoms with Gasteiger partial charge in [-0.25, -0.2) is 0 Å². The smallest absolute Gasteiger partial charge is 0.235 e. The van der Waals surface area contributed by atoms with Crippen molar-refractivity contribution in [2.45, 2.75) is 26.7 Å². The standard InChI is InChI=1S/C20H20O4/c1-3-4-12-22-16-10-11-17-18(13-16)23-14(2)20(19(17)21)24-15-8-6-5-7-9-15/h5-11,13H,3-4,12H2,1-2H3. The molecular weight excluding hydrogens is 304 g/mol. The summed E-state index contributed by atoms with van der Waals surface area (Å²) in [6.07, 6.45) is 2.06. The largest absolute Gasteiger partial charge is 0.493 e. The van der Waals surface area contributed by atoms with Gasteiger partial charge in [-0.1, -0.05) is 31.5 Å². The third-order valence-corrected chi connectivity index (χ3v) is 3.72. The predicted molar refractivity (Wildman–Crippen MR) is 94.1 cm³/mol. The van der Waals surface area contributed by atoms with Crippen molar-refractivity contribution in [3.63, 3.8) is 0 Å². The Morgan fingerprint density at radius 3 is 2.58 bits per heavy atom. The van der Waals surface area contributed by atoms with Crippen LogP contribution < -0.4 is 14.9 Å². The fraction of sp³-hybridized carbons (Fsp3) is 0.250. The van der Waals surface area contributed by atoms with Crippen LogP contribution in [0.15, 0.2) is 57.7 Å². The van der Waals surface area contributed by atoms with E-state index >= 15 is 0 Å². The van der Waals surface area contributed by atoms with Crippen molar-refractivity contribution >= 4 is 11.0 Å². The number of fused-ring (bicyclic) bond motifs is 1. The molecule has 124 valence electrons. The minimum atomic E-state index is -0.183. The highest BCUT2D eigenvalue weighted by molar-refractivity contribution is 5.79. The molecule has 0 atom stereocenters. The van der Waals surface area contributed by atoms with E-state index in [-0.39, 0.29) is 11.2 Å². The molecule has 0 fully saturated rings. The highest BCUT2D eigenvalue weighted by Gasteiger charge is 2.14. The monoisotopic (exact) mass is 324 g/mol. The summed E-state index contributed by atoms with van der Waals surface area (Å²) >= 11 is 0. The number of para-hydroxylation sites is 1. The molecule has 0 aliphatic heterocycles. The molecule has 0 aliphatic rings. The first kappa shape index (κ1) is 16.1. The Hall–Kier alpha value is -2.75. The van der Waals surface area contributed by atoms with Crippen LogP contribution in [-0.4, -0.2) is 6.61 Å². The SMILES string of the molecule is CCCCOc1ccc2c(=O)c(Oc3ccccc3)c(C)oc2c1. The van der Waals surface area contributed by atoms with E-state index in [1.165, 1.54) is 0 Å². The Kier molecular flexibility index (Phi) is 4.85. The molecule has 1 heterocycles. The van der Waals surface area contributed by atoms with Crippen LogP contribution in [0.4, 0.5) is 0 Å². The average molecular weight is 324 g/mol. The van der Waals surface area contributed by atoms with Crippen molar-refractivity contribution in [1.82, 2.24) is 0 Å². The summed E-state index contributed by atoms with van der Waals surface area (Å²) in [5.41, 5.74) is 0.324. The van der Waals surface area contributed by atoms with E-state index in [1.807, 2.05) is 18.2 Å². The first-order valence-corrected chi connectivity index (χ1v) is 8.12. The minimum absolute atomic E-state index is 0.183. The van der Waals surface area contributed by atoms with E-state index in [0.29, 0.717) is 34.8 Å². The quantitative estimate of drug-likeness (QED) is 0.594. The summed E-state index contributed by atoms with van der Waals surface area (Å²) in [4.78, 5) is 12.7. The van der Waals surface area contributed by atoms with E-state index in [0.717, 1.165) is 12.8 Å². The van der Waals surface area contributed by atoms with Crippen molar-refractivity contribution in [2.24, 2.45) is 0 Å². The van der Waals surface area contributed by atoms with Gasteiger partial charge in [0.2, 0.25) is 11.2 Å². The lowest BCUT2D eigenvalue weighted by Gasteiger charge is -2.10. The van der Waals surface area contributed by atoms with Gasteiger partial charge >= 0.3 is 0 Å². The summed E-state index contributed by atoms with van der Waals surface area (Å²) in [6.45, 7) is 4.49. The predicted octanol–water partition coefficient (Wildman–Crippen LogP) is 5.07. The van der Waals surface area contributed by atoms with Crippen LogP contribution in [0.25, 0.3) is 11.0 Å². The van der Waals surface area contributed by atoms with Crippen LogP contribution in [0.2, 0.25) is 0 Å². The van der Waals surface area contributed by atoms with Crippen LogP contribution in [0, 0.1) is 6.92 Å². The van der Waals surface area contributed by atoms with Crippen LogP contribution in [0.5, 0.6) is 17.2 Å². The molecule has 0 unspecified atom stereocenters. The Morgan fingerprint density at radius 2 is 1.83 bits per heavy atom. The number of aryl methyl sites for hydroxylation is 1. The number of unbranched alkanes of at least 4 members (excludes halogenated alkanes) is 1. The molecule has 0 saturated carbocycles. The molecule has 1 aromatic heterocycles. The van der Waals surface area contributed by atoms with E-state index in [9.17, 15) is 4.79 Å². The molecule has 3 rings (SSSR count). The lowest BCUT2D eigenvalue weighted by molar-refractivity contribution is 0.309. The molecule has 4 nitrogen and oxygen atoms in total. The highest BCUT2D eigenvalue weighted by atomic mass is 16.5. The molecule has 0 bridgehead atoms. The van der Waals surface area contributed by atoms with Gasteiger partial charge in [0, 0.05) is 6.07 Å². The molecule has 0 radical (unpaired) electrons. The Bertz CT molecular complexity index is 881. The molecule has 0 aliphatic carbocycles. The maximum Gasteiger partial charge on any atom is 0.235 e. The summed E-state index contributed by atoms with van der Waals surface area (Å²) < 4.78 is 17.2. The van der Waals surface area contributed by atoms with Crippen LogP contribution in [-0.2, 0) is 0 Å². The zero-order valence-corrected chi connectivity index (χ0v) is 13.9. The maximum absolute atomic E-state index is 12.7. The van der Waals surface area contributed by atoms with Crippen LogP contribution in [0.3, 0.4) is 0 Å². The number of hydrogen-bond acceptors (Lipinski definition) is 4. The third kappa shape index (κ3) is 3.43. The lowest BCUT2D eigenvalue weighted by Crippen LogP contribution is -2.07. The molecular formula is C20H20O4. The first-order chi connectivity index (χ1) is 11.7. The van der Waals surface area contributed by atoms with Crippen molar-refractivity contribution in [2.75, 3.05) is 6.61 Å². The number of rotatable bonds is 6. The van der Waals surface area contributed by atoms with E-state index in [1.54, 1.807) is 37.3 Å². The van der Waals surface area contributed by atoms with Gasteiger partial charge in [-0.15, -0.1) is 0 Å². The topological polar surface area (TPSA) is 48.7 Å². The van der Waals surface area contributed by atoms with Crippen molar-refractivity contribution in [1.29, 1.82) is 0 Å². The summed E-state index contributed by atoms with van der Waals surface area (Å²) in [6, 6.07) is 14.5. The highest BCUT2D eigenvalue weighted by Crippen LogP contribution is 2.27. The maximum atomic E-state index is 12.7. The van der Waals surface area contributed by atoms with Gasteiger partial charge in [-0.3, -0.25) is 4.79 Å². The van der Waals surface area contributed by atoms with Crippen LogP contribution >= 0.6 is 0 Å². The van der Waals surface area contributed by atoms with Crippen LogP contribution in [0.1, 0.15) is 25.5 Å². The van der Waals surface area contributed by atoms with Gasteiger partial charge in [0.25, 0.3) is 0 Å². The van der Waals surface area contributed by atoms with Gasteiger partial charge in [0.1, 0.15) is 22.8 Å². The van der Waals surface area contributed by atoms with E-state index < -0.39 is 0 Å². The van der Waals surface area contributed by atoms with E-state index in [4.69, 9.17) is 13.9 Å². The average Bonchev–Trinajstić information content (AvgIpc) is 2.59. The van der Waals surface area contributed by atoms with Crippen molar-refractivity contribution in [3.8, 4) is 17.2 Å². The Labute approximate surface area is 140 Å². The fourth-order valence-electron chi connectivity index (χ4n) is 2.42. The second kappa shape index (κ2) is 7.21. The first-order valence-electron chi connectivity index (χ1n) is 8.12. The van der Waals surface area contributed by atoms with Crippen molar-refractivity contribution in [3.05, 3.63) is 64.5 Å². The molecule has 0 amide bonds. The van der Waals surface area contributed by atoms with Gasteiger partial charge in [-0.2, -0.15) is 0 Å². The van der Waals surface area contributed by atoms with Gasteiger partial charge < -0.3 is 13.9 Å². The molecule has 3 aromatic rings. The van der Waals surface area contributed by atoms with Gasteiger partial charge in [0.05, 0.1) is 12.0 Å². The van der Waals surface area contributed by atoms with Gasteiger partial charge in [-0.05, 0) is 37.6 Å². The molecule has 0 spiro atoms. The molecule has 0 saturated heterocycles. The molecule has 24 heavy (non-hydrogen) atoms. The number of benzene rings is 2. The van der Waals surface area contributed by atoms with Gasteiger partial charge in [0.15, 0.2) is 0 Å². The fourth-order valence-corrected chi connectivity index (χ4v) is 2.42. The molecule has 4 heteroatoms. The summed E-state index contributed by atoms with van der Waals surface area (Å²) in [5, 5.41) is 0.481. The Morgan fingerprint density at radius 1 is 1.04 bits per heavy atom. The minimum Gasteiger partial charge on any atom is -0.493 e. The molecule has 2 aromatic carbocycles. The zero-order chi connectivity index (χ0) is 16.9. The third-order valence-electron chi connectivity index (χ3n) is 3.72.